The lowest BCUT2D eigenvalue weighted by Crippen LogP contribution is -2.20. The topological polar surface area (TPSA) is 77.2 Å². The van der Waals surface area contributed by atoms with Crippen molar-refractivity contribution in [2.75, 3.05) is 17.7 Å². The molecule has 1 aromatic carbocycles. The van der Waals surface area contributed by atoms with E-state index in [-0.39, 0.29) is 12.3 Å². The molecule has 104 valence electrons. The molecule has 0 aliphatic rings. The van der Waals surface area contributed by atoms with E-state index >= 15 is 0 Å². The number of hydrogen-bond donors (Lipinski definition) is 2. The Bertz CT molecular complexity index is 637. The van der Waals surface area contributed by atoms with E-state index in [9.17, 15) is 9.18 Å². The Balaban J connectivity index is 1.92. The maximum Gasteiger partial charge on any atom is 0.262 e. The van der Waals surface area contributed by atoms with Gasteiger partial charge in [-0.3, -0.25) is 9.78 Å². The predicted molar refractivity (Wildman–Crippen MR) is 74.2 cm³/mol. The zero-order valence-electron chi connectivity index (χ0n) is 10.3. The van der Waals surface area contributed by atoms with Crippen molar-refractivity contribution < 1.29 is 13.9 Å². The van der Waals surface area contributed by atoms with Crippen LogP contribution < -0.4 is 15.8 Å². The van der Waals surface area contributed by atoms with Crippen LogP contribution in [0.3, 0.4) is 0 Å². The van der Waals surface area contributed by atoms with E-state index in [1.165, 1.54) is 30.6 Å². The SMILES string of the molecule is Nc1cc(F)ccc1NC(=O)COc1cncc(Cl)c1. The van der Waals surface area contributed by atoms with Gasteiger partial charge in [0, 0.05) is 12.3 Å². The highest BCUT2D eigenvalue weighted by atomic mass is 35.5. The highest BCUT2D eigenvalue weighted by Crippen LogP contribution is 2.19. The van der Waals surface area contributed by atoms with Gasteiger partial charge in [-0.1, -0.05) is 11.6 Å². The number of carbonyl (C=O) groups excluding carboxylic acids is 1. The van der Waals surface area contributed by atoms with E-state index in [2.05, 4.69) is 10.3 Å². The molecule has 1 amide bonds. The van der Waals surface area contributed by atoms with E-state index in [1.807, 2.05) is 0 Å². The van der Waals surface area contributed by atoms with Gasteiger partial charge >= 0.3 is 0 Å². The van der Waals surface area contributed by atoms with Gasteiger partial charge in [0.2, 0.25) is 0 Å². The molecule has 0 aliphatic heterocycles. The maximum atomic E-state index is 12.9. The Hall–Kier alpha value is -2.34. The average molecular weight is 296 g/mol. The van der Waals surface area contributed by atoms with Crippen LogP contribution in [0.2, 0.25) is 5.02 Å². The number of anilines is 2. The summed E-state index contributed by atoms with van der Waals surface area (Å²) in [6.07, 6.45) is 2.89. The van der Waals surface area contributed by atoms with Crippen molar-refractivity contribution in [1.29, 1.82) is 0 Å². The van der Waals surface area contributed by atoms with Gasteiger partial charge in [-0.05, 0) is 18.2 Å². The largest absolute Gasteiger partial charge is 0.482 e. The second-order valence-electron chi connectivity index (χ2n) is 3.91. The second kappa shape index (κ2) is 6.21. The number of hydrogen-bond acceptors (Lipinski definition) is 4. The minimum absolute atomic E-state index is 0.141. The summed E-state index contributed by atoms with van der Waals surface area (Å²) in [7, 11) is 0. The number of carbonyl (C=O) groups is 1. The summed E-state index contributed by atoms with van der Waals surface area (Å²) < 4.78 is 18.1. The third kappa shape index (κ3) is 3.83. The summed E-state index contributed by atoms with van der Waals surface area (Å²) in [6.45, 7) is -0.237. The van der Waals surface area contributed by atoms with Gasteiger partial charge in [0.1, 0.15) is 11.6 Å². The third-order valence-electron chi connectivity index (χ3n) is 2.34. The third-order valence-corrected chi connectivity index (χ3v) is 2.54. The minimum Gasteiger partial charge on any atom is -0.482 e. The molecular formula is C13H11ClFN3O2. The van der Waals surface area contributed by atoms with Crippen molar-refractivity contribution >= 4 is 28.9 Å². The molecule has 1 heterocycles. The minimum atomic E-state index is -0.471. The molecular weight excluding hydrogens is 285 g/mol. The molecule has 0 bridgehead atoms. The van der Waals surface area contributed by atoms with E-state index in [0.717, 1.165) is 6.07 Å². The first kappa shape index (κ1) is 14.1. The predicted octanol–water partition coefficient (Wildman–Crippen LogP) is 2.47. The summed E-state index contributed by atoms with van der Waals surface area (Å²) in [5.74, 6) is -0.523. The van der Waals surface area contributed by atoms with Gasteiger partial charge in [-0.15, -0.1) is 0 Å². The summed E-state index contributed by atoms with van der Waals surface area (Å²) >= 11 is 5.73. The van der Waals surface area contributed by atoms with Crippen LogP contribution in [-0.4, -0.2) is 17.5 Å². The lowest BCUT2D eigenvalue weighted by molar-refractivity contribution is -0.118. The number of nitrogens with two attached hydrogens (primary N) is 1. The first-order chi connectivity index (χ1) is 9.54. The van der Waals surface area contributed by atoms with Crippen LogP contribution in [0, 0.1) is 5.82 Å². The van der Waals surface area contributed by atoms with Crippen LogP contribution in [-0.2, 0) is 4.79 Å². The molecule has 0 saturated heterocycles. The quantitative estimate of drug-likeness (QED) is 0.850. The second-order valence-corrected chi connectivity index (χ2v) is 4.34. The number of aromatic nitrogens is 1. The molecule has 0 fully saturated rings. The number of pyridine rings is 1. The van der Waals surface area contributed by atoms with E-state index in [0.29, 0.717) is 16.5 Å². The van der Waals surface area contributed by atoms with Crippen molar-refractivity contribution in [3.8, 4) is 5.75 Å². The van der Waals surface area contributed by atoms with Gasteiger partial charge in [-0.25, -0.2) is 4.39 Å². The Morgan fingerprint density at radius 1 is 1.40 bits per heavy atom. The first-order valence-electron chi connectivity index (χ1n) is 5.63. The molecule has 1 aromatic heterocycles. The number of nitrogens with zero attached hydrogens (tertiary/aromatic N) is 1. The van der Waals surface area contributed by atoms with Crippen LogP contribution in [0.15, 0.2) is 36.7 Å². The standard InChI is InChI=1S/C13H11ClFN3O2/c14-8-3-10(6-17-5-8)20-7-13(19)18-12-2-1-9(15)4-11(12)16/h1-6H,7,16H2,(H,18,19). The van der Waals surface area contributed by atoms with E-state index in [1.54, 1.807) is 0 Å². The molecule has 0 radical (unpaired) electrons. The summed E-state index contributed by atoms with van der Waals surface area (Å²) in [4.78, 5) is 15.5. The van der Waals surface area contributed by atoms with Crippen LogP contribution in [0.1, 0.15) is 0 Å². The van der Waals surface area contributed by atoms with Gasteiger partial charge < -0.3 is 15.8 Å². The van der Waals surface area contributed by atoms with Crippen LogP contribution in [0.4, 0.5) is 15.8 Å². The molecule has 0 aliphatic carbocycles. The normalized spacial score (nSPS) is 10.1. The van der Waals surface area contributed by atoms with Crippen molar-refractivity contribution in [3.63, 3.8) is 0 Å². The molecule has 20 heavy (non-hydrogen) atoms. The number of nitrogen functional groups attached to an aromatic ring is 1. The number of amides is 1. The van der Waals surface area contributed by atoms with Crippen LogP contribution in [0.5, 0.6) is 5.75 Å². The smallest absolute Gasteiger partial charge is 0.262 e. The lowest BCUT2D eigenvalue weighted by Gasteiger charge is -2.09. The highest BCUT2D eigenvalue weighted by molar-refractivity contribution is 6.30. The van der Waals surface area contributed by atoms with Gasteiger partial charge in [0.15, 0.2) is 6.61 Å². The number of ether oxygens (including phenoxy) is 1. The Morgan fingerprint density at radius 3 is 2.90 bits per heavy atom. The Morgan fingerprint density at radius 2 is 2.20 bits per heavy atom. The fourth-order valence-electron chi connectivity index (χ4n) is 1.45. The molecule has 5 nitrogen and oxygen atoms in total. The van der Waals surface area contributed by atoms with Gasteiger partial charge in [0.05, 0.1) is 22.6 Å². The molecule has 0 atom stereocenters. The van der Waals surface area contributed by atoms with E-state index < -0.39 is 11.7 Å². The first-order valence-corrected chi connectivity index (χ1v) is 6.00. The Labute approximate surface area is 119 Å². The summed E-state index contributed by atoms with van der Waals surface area (Å²) in [5, 5.41) is 2.92. The molecule has 0 saturated carbocycles. The average Bonchev–Trinajstić information content (AvgIpc) is 2.40. The monoisotopic (exact) mass is 295 g/mol. The Kier molecular flexibility index (Phi) is 4.37. The van der Waals surface area contributed by atoms with Crippen LogP contribution in [0.25, 0.3) is 0 Å². The number of benzene rings is 1. The molecule has 7 heteroatoms. The maximum absolute atomic E-state index is 12.9. The van der Waals surface area contributed by atoms with Gasteiger partial charge in [0.25, 0.3) is 5.91 Å². The number of rotatable bonds is 4. The molecule has 0 spiro atoms. The molecule has 2 aromatic rings. The summed E-state index contributed by atoms with van der Waals surface area (Å²) in [6, 6.07) is 5.24. The van der Waals surface area contributed by atoms with Crippen LogP contribution >= 0.6 is 11.6 Å². The zero-order valence-corrected chi connectivity index (χ0v) is 11.0. The van der Waals surface area contributed by atoms with Gasteiger partial charge in [-0.2, -0.15) is 0 Å². The lowest BCUT2D eigenvalue weighted by atomic mass is 10.2. The zero-order chi connectivity index (χ0) is 14.5. The molecule has 0 unspecified atom stereocenters. The fraction of sp³-hybridized carbons (Fsp3) is 0.0769. The fourth-order valence-corrected chi connectivity index (χ4v) is 1.62. The molecule has 2 rings (SSSR count). The number of nitrogens with one attached hydrogen (secondary N) is 1. The van der Waals surface area contributed by atoms with E-state index in [4.69, 9.17) is 22.1 Å². The van der Waals surface area contributed by atoms with Crippen molar-refractivity contribution in [3.05, 3.63) is 47.5 Å². The van der Waals surface area contributed by atoms with Crippen molar-refractivity contribution in [1.82, 2.24) is 4.98 Å². The number of halogens is 2. The van der Waals surface area contributed by atoms with Crippen molar-refractivity contribution in [2.45, 2.75) is 0 Å². The highest BCUT2D eigenvalue weighted by Gasteiger charge is 2.07. The summed E-state index contributed by atoms with van der Waals surface area (Å²) in [5.41, 5.74) is 6.04. The molecule has 3 N–H and O–H groups in total. The van der Waals surface area contributed by atoms with Crippen molar-refractivity contribution in [2.24, 2.45) is 0 Å².